The molecule has 0 radical (unpaired) electrons. The van der Waals surface area contributed by atoms with Crippen LogP contribution in [0.15, 0.2) is 0 Å². The lowest BCUT2D eigenvalue weighted by Gasteiger charge is -2.26. The molecule has 0 aromatic heterocycles. The summed E-state index contributed by atoms with van der Waals surface area (Å²) >= 11 is 0. The molecule has 1 rings (SSSR count). The van der Waals surface area contributed by atoms with E-state index in [-0.39, 0.29) is 13.1 Å². The number of nitrogens with two attached hydrogens (primary N) is 1. The molecule has 0 bridgehead atoms. The van der Waals surface area contributed by atoms with Gasteiger partial charge in [-0.3, -0.25) is 25.0 Å². The van der Waals surface area contributed by atoms with Crippen molar-refractivity contribution in [1.82, 2.24) is 0 Å². The molecule has 0 amide bonds. The average molecular weight is 380 g/mol. The third-order valence-electron chi connectivity index (χ3n) is 3.39. The van der Waals surface area contributed by atoms with E-state index in [0.29, 0.717) is 0 Å². The maximum atomic E-state index is 13.7. The Hall–Kier alpha value is -3.12. The normalized spacial score (nSPS) is 11.2. The second-order valence-corrected chi connectivity index (χ2v) is 4.94. The van der Waals surface area contributed by atoms with Crippen LogP contribution < -0.4 is 15.4 Å². The van der Waals surface area contributed by atoms with E-state index in [2.05, 4.69) is 4.74 Å². The number of ether oxygens (including phenoxy) is 1. The number of nitro groups is 2. The van der Waals surface area contributed by atoms with Gasteiger partial charge in [0.1, 0.15) is 11.3 Å². The standard InChI is InChI=1S/C13H15F3N4O6/c1-4-18(5-2)9-7(13(14,15)16)12(26-6(3)21)11(20(24)25)8(17)10(9)19(22)23/h4-5,17H2,1-3H3. The van der Waals surface area contributed by atoms with E-state index in [1.54, 1.807) is 0 Å². The molecule has 0 heterocycles. The van der Waals surface area contributed by atoms with Gasteiger partial charge in [-0.15, -0.1) is 0 Å². The molecule has 0 aliphatic rings. The number of nitrogen functional groups attached to an aromatic ring is 1. The monoisotopic (exact) mass is 380 g/mol. The number of halogens is 3. The number of nitro benzene ring substituents is 2. The molecule has 144 valence electrons. The van der Waals surface area contributed by atoms with Crippen molar-refractivity contribution in [3.8, 4) is 5.75 Å². The van der Waals surface area contributed by atoms with Gasteiger partial charge in [0.05, 0.1) is 9.85 Å². The van der Waals surface area contributed by atoms with Crippen molar-refractivity contribution in [2.45, 2.75) is 26.9 Å². The van der Waals surface area contributed by atoms with Crippen molar-refractivity contribution in [3.05, 3.63) is 25.8 Å². The molecular weight excluding hydrogens is 365 g/mol. The predicted molar refractivity (Wildman–Crippen MR) is 84.0 cm³/mol. The van der Waals surface area contributed by atoms with Crippen LogP contribution in [0.3, 0.4) is 0 Å². The Bertz CT molecular complexity index is 761. The van der Waals surface area contributed by atoms with Crippen LogP contribution in [0.25, 0.3) is 0 Å². The van der Waals surface area contributed by atoms with Gasteiger partial charge in [-0.05, 0) is 13.8 Å². The van der Waals surface area contributed by atoms with Gasteiger partial charge in [-0.1, -0.05) is 0 Å². The Labute approximate surface area is 144 Å². The summed E-state index contributed by atoms with van der Waals surface area (Å²) in [5.41, 5.74) is -1.24. The van der Waals surface area contributed by atoms with Gasteiger partial charge < -0.3 is 15.4 Å². The highest BCUT2D eigenvalue weighted by Crippen LogP contribution is 2.55. The van der Waals surface area contributed by atoms with E-state index < -0.39 is 56.1 Å². The smallest absolute Gasteiger partial charge is 0.418 e. The highest BCUT2D eigenvalue weighted by Gasteiger charge is 2.49. The summed E-state index contributed by atoms with van der Waals surface area (Å²) in [5.74, 6) is -2.75. The van der Waals surface area contributed by atoms with Crippen molar-refractivity contribution in [2.75, 3.05) is 23.7 Å². The molecular formula is C13H15F3N4O6. The molecule has 0 unspecified atom stereocenters. The number of carbonyl (C=O) groups is 1. The molecule has 0 saturated heterocycles. The van der Waals surface area contributed by atoms with E-state index in [1.165, 1.54) is 13.8 Å². The predicted octanol–water partition coefficient (Wildman–Crippen LogP) is 2.88. The number of nitrogens with zero attached hydrogens (tertiary/aromatic N) is 3. The SMILES string of the molecule is CCN(CC)c1c([N+](=O)[O-])c(N)c([N+](=O)[O-])c(OC(C)=O)c1C(F)(F)F. The fourth-order valence-corrected chi connectivity index (χ4v) is 2.43. The Balaban J connectivity index is 4.28. The number of benzene rings is 1. The number of esters is 1. The van der Waals surface area contributed by atoms with Crippen LogP contribution >= 0.6 is 0 Å². The first-order chi connectivity index (χ1) is 11.9. The second kappa shape index (κ2) is 7.41. The van der Waals surface area contributed by atoms with E-state index in [1.807, 2.05) is 0 Å². The second-order valence-electron chi connectivity index (χ2n) is 4.94. The molecule has 2 N–H and O–H groups in total. The van der Waals surface area contributed by atoms with Gasteiger partial charge >= 0.3 is 23.5 Å². The molecule has 13 heteroatoms. The molecule has 0 saturated carbocycles. The van der Waals surface area contributed by atoms with E-state index in [9.17, 15) is 38.2 Å². The summed E-state index contributed by atoms with van der Waals surface area (Å²) in [4.78, 5) is 32.2. The summed E-state index contributed by atoms with van der Waals surface area (Å²) in [7, 11) is 0. The minimum Gasteiger partial charge on any atom is -0.418 e. The van der Waals surface area contributed by atoms with Gasteiger partial charge in [-0.25, -0.2) is 0 Å². The van der Waals surface area contributed by atoms with Crippen molar-refractivity contribution in [3.63, 3.8) is 0 Å². The zero-order chi connectivity index (χ0) is 20.4. The number of carbonyl (C=O) groups excluding carboxylic acids is 1. The van der Waals surface area contributed by atoms with Crippen LogP contribution in [0.5, 0.6) is 5.75 Å². The summed E-state index contributed by atoms with van der Waals surface area (Å²) in [6.45, 7) is 3.39. The van der Waals surface area contributed by atoms with Gasteiger partial charge in [0.15, 0.2) is 5.69 Å². The van der Waals surface area contributed by atoms with Crippen LogP contribution in [0.1, 0.15) is 26.3 Å². The molecule has 0 aliphatic carbocycles. The van der Waals surface area contributed by atoms with Crippen LogP contribution in [-0.2, 0) is 11.0 Å². The highest BCUT2D eigenvalue weighted by molar-refractivity contribution is 5.91. The molecule has 0 atom stereocenters. The quantitative estimate of drug-likeness (QED) is 0.261. The fraction of sp³-hybridized carbons (Fsp3) is 0.462. The number of hydrogen-bond donors (Lipinski definition) is 1. The van der Waals surface area contributed by atoms with Gasteiger partial charge in [-0.2, -0.15) is 13.2 Å². The number of rotatable bonds is 6. The van der Waals surface area contributed by atoms with Gasteiger partial charge in [0.2, 0.25) is 5.75 Å². The van der Waals surface area contributed by atoms with Crippen LogP contribution in [-0.4, -0.2) is 28.9 Å². The van der Waals surface area contributed by atoms with E-state index in [4.69, 9.17) is 5.73 Å². The highest BCUT2D eigenvalue weighted by atomic mass is 19.4. The Morgan fingerprint density at radius 1 is 1.15 bits per heavy atom. The van der Waals surface area contributed by atoms with Crippen molar-refractivity contribution in [1.29, 1.82) is 0 Å². The number of anilines is 2. The molecule has 10 nitrogen and oxygen atoms in total. The zero-order valence-corrected chi connectivity index (χ0v) is 13.9. The third kappa shape index (κ3) is 3.75. The Morgan fingerprint density at radius 3 is 1.92 bits per heavy atom. The lowest BCUT2D eigenvalue weighted by atomic mass is 10.0. The summed E-state index contributed by atoms with van der Waals surface area (Å²) in [5, 5.41) is 22.6. The first-order valence-corrected chi connectivity index (χ1v) is 7.17. The van der Waals surface area contributed by atoms with Crippen LogP contribution in [0.2, 0.25) is 0 Å². The minimum atomic E-state index is -5.30. The number of hydrogen-bond acceptors (Lipinski definition) is 8. The lowest BCUT2D eigenvalue weighted by molar-refractivity contribution is -0.392. The first-order valence-electron chi connectivity index (χ1n) is 7.17. The lowest BCUT2D eigenvalue weighted by Crippen LogP contribution is -2.28. The number of alkyl halides is 3. The third-order valence-corrected chi connectivity index (χ3v) is 3.39. The minimum absolute atomic E-state index is 0.100. The summed E-state index contributed by atoms with van der Waals surface area (Å²) in [6, 6.07) is 0. The van der Waals surface area contributed by atoms with Crippen LogP contribution in [0, 0.1) is 20.2 Å². The van der Waals surface area contributed by atoms with Crippen molar-refractivity contribution < 1.29 is 32.5 Å². The van der Waals surface area contributed by atoms with E-state index >= 15 is 0 Å². The Morgan fingerprint density at radius 2 is 1.62 bits per heavy atom. The molecule has 1 aromatic rings. The molecule has 0 spiro atoms. The van der Waals surface area contributed by atoms with E-state index in [0.717, 1.165) is 11.8 Å². The van der Waals surface area contributed by atoms with Gasteiger partial charge in [0, 0.05) is 20.0 Å². The summed E-state index contributed by atoms with van der Waals surface area (Å²) in [6.07, 6.45) is -5.30. The molecule has 26 heavy (non-hydrogen) atoms. The van der Waals surface area contributed by atoms with Crippen LogP contribution in [0.4, 0.5) is 35.9 Å². The fourth-order valence-electron chi connectivity index (χ4n) is 2.43. The van der Waals surface area contributed by atoms with Crippen molar-refractivity contribution in [2.24, 2.45) is 0 Å². The topological polar surface area (TPSA) is 142 Å². The maximum absolute atomic E-state index is 13.7. The Kier molecular flexibility index (Phi) is 5.96. The maximum Gasteiger partial charge on any atom is 0.422 e. The van der Waals surface area contributed by atoms with Crippen molar-refractivity contribution >= 4 is 28.7 Å². The zero-order valence-electron chi connectivity index (χ0n) is 13.9. The van der Waals surface area contributed by atoms with Gasteiger partial charge in [0.25, 0.3) is 0 Å². The largest absolute Gasteiger partial charge is 0.422 e. The molecule has 0 fully saturated rings. The average Bonchev–Trinajstić information content (AvgIpc) is 2.45. The summed E-state index contributed by atoms with van der Waals surface area (Å²) < 4.78 is 45.6. The first kappa shape index (κ1) is 20.9. The molecule has 1 aromatic carbocycles. The molecule has 0 aliphatic heterocycles.